The maximum absolute atomic E-state index is 13.2. The zero-order valence-corrected chi connectivity index (χ0v) is 9.78. The fraction of sp³-hybridized carbons (Fsp3) is 0.364. The van der Waals surface area contributed by atoms with Crippen LogP contribution in [0.5, 0.6) is 0 Å². The van der Waals surface area contributed by atoms with E-state index in [4.69, 9.17) is 11.6 Å². The number of hydrogen-bond donors (Lipinski definition) is 2. The Morgan fingerprint density at radius 1 is 1.38 bits per heavy atom. The first-order chi connectivity index (χ1) is 7.40. The summed E-state index contributed by atoms with van der Waals surface area (Å²) in [7, 11) is 0. The molecule has 0 unspecified atom stereocenters. The smallest absolute Gasteiger partial charge is 0.231 e. The topological polar surface area (TPSA) is 41.1 Å². The number of amides is 1. The Morgan fingerprint density at radius 2 is 2.06 bits per heavy atom. The van der Waals surface area contributed by atoms with E-state index in [1.54, 1.807) is 0 Å². The number of carbonyl (C=O) groups is 1. The van der Waals surface area contributed by atoms with Crippen LogP contribution in [-0.4, -0.2) is 12.5 Å². The van der Waals surface area contributed by atoms with Crippen LogP contribution in [-0.2, 0) is 4.79 Å². The second-order valence-corrected chi connectivity index (χ2v) is 4.91. The minimum atomic E-state index is -0.540. The molecule has 1 heterocycles. The van der Waals surface area contributed by atoms with Crippen LogP contribution in [0.25, 0.3) is 0 Å². The molecule has 5 heteroatoms. The van der Waals surface area contributed by atoms with Gasteiger partial charge in [-0.05, 0) is 19.9 Å². The van der Waals surface area contributed by atoms with Crippen LogP contribution in [0.3, 0.4) is 0 Å². The average Bonchev–Trinajstić information content (AvgIpc) is 2.29. The molecule has 1 aromatic rings. The van der Waals surface area contributed by atoms with Crippen molar-refractivity contribution in [3.63, 3.8) is 0 Å². The third-order valence-electron chi connectivity index (χ3n) is 2.64. The molecule has 0 spiro atoms. The fourth-order valence-electron chi connectivity index (χ4n) is 1.48. The second kappa shape index (κ2) is 3.63. The molecule has 0 bridgehead atoms. The number of fused-ring (bicyclic) bond motifs is 1. The molecule has 0 fully saturated rings. The van der Waals surface area contributed by atoms with E-state index in [-0.39, 0.29) is 10.9 Å². The van der Waals surface area contributed by atoms with E-state index in [0.717, 1.165) is 0 Å². The van der Waals surface area contributed by atoms with Crippen LogP contribution in [0, 0.1) is 11.2 Å². The highest BCUT2D eigenvalue weighted by Gasteiger charge is 2.31. The molecule has 16 heavy (non-hydrogen) atoms. The molecule has 1 aliphatic heterocycles. The van der Waals surface area contributed by atoms with E-state index in [1.165, 1.54) is 12.1 Å². The molecule has 2 rings (SSSR count). The Bertz CT molecular complexity index is 460. The molecule has 0 saturated heterocycles. The molecule has 1 aromatic carbocycles. The predicted molar refractivity (Wildman–Crippen MR) is 62.3 cm³/mol. The molecule has 1 amide bonds. The lowest BCUT2D eigenvalue weighted by Crippen LogP contribution is -2.34. The Labute approximate surface area is 98.0 Å². The minimum absolute atomic E-state index is 0.0419. The molecular formula is C11H12ClFN2O. The molecular weight excluding hydrogens is 231 g/mol. The summed E-state index contributed by atoms with van der Waals surface area (Å²) in [6, 6.07) is 2.71. The third-order valence-corrected chi connectivity index (χ3v) is 2.93. The van der Waals surface area contributed by atoms with Crippen molar-refractivity contribution in [1.29, 1.82) is 0 Å². The van der Waals surface area contributed by atoms with Crippen molar-refractivity contribution in [1.82, 2.24) is 0 Å². The molecule has 1 aliphatic rings. The summed E-state index contributed by atoms with van der Waals surface area (Å²) < 4.78 is 13.2. The van der Waals surface area contributed by atoms with Gasteiger partial charge in [0.05, 0.1) is 21.8 Å². The molecule has 0 aromatic heterocycles. The molecule has 3 nitrogen and oxygen atoms in total. The Kier molecular flexibility index (Phi) is 2.54. The van der Waals surface area contributed by atoms with Gasteiger partial charge >= 0.3 is 0 Å². The van der Waals surface area contributed by atoms with Crippen LogP contribution in [0.2, 0.25) is 5.02 Å². The van der Waals surface area contributed by atoms with Gasteiger partial charge < -0.3 is 10.6 Å². The summed E-state index contributed by atoms with van der Waals surface area (Å²) in [5, 5.41) is 5.80. The van der Waals surface area contributed by atoms with Crippen molar-refractivity contribution < 1.29 is 9.18 Å². The summed E-state index contributed by atoms with van der Waals surface area (Å²) in [5.41, 5.74) is 0.532. The van der Waals surface area contributed by atoms with Gasteiger partial charge in [0.25, 0.3) is 0 Å². The molecule has 86 valence electrons. The van der Waals surface area contributed by atoms with Gasteiger partial charge in [0.15, 0.2) is 0 Å². The van der Waals surface area contributed by atoms with E-state index in [2.05, 4.69) is 10.6 Å². The highest BCUT2D eigenvalue weighted by Crippen LogP contribution is 2.33. The van der Waals surface area contributed by atoms with Gasteiger partial charge in [0, 0.05) is 12.6 Å². The van der Waals surface area contributed by atoms with Crippen molar-refractivity contribution in [2.45, 2.75) is 13.8 Å². The van der Waals surface area contributed by atoms with Gasteiger partial charge in [-0.25, -0.2) is 4.39 Å². The lowest BCUT2D eigenvalue weighted by Gasteiger charge is -2.19. The lowest BCUT2D eigenvalue weighted by molar-refractivity contribution is -0.123. The van der Waals surface area contributed by atoms with E-state index < -0.39 is 11.2 Å². The number of halogens is 2. The fourth-order valence-corrected chi connectivity index (χ4v) is 1.65. The Balaban J connectivity index is 2.45. The SMILES string of the molecule is CC1(C)CNc2cc(Cl)c(F)cc2NC1=O. The standard InChI is InChI=1S/C11H12ClFN2O/c1-11(2)5-14-8-3-6(12)7(13)4-9(8)15-10(11)16/h3-4,14H,5H2,1-2H3,(H,15,16). The summed E-state index contributed by atoms with van der Waals surface area (Å²) in [4.78, 5) is 11.8. The summed E-state index contributed by atoms with van der Waals surface area (Å²) >= 11 is 5.68. The van der Waals surface area contributed by atoms with Crippen molar-refractivity contribution >= 4 is 28.9 Å². The van der Waals surface area contributed by atoms with Crippen molar-refractivity contribution in [2.75, 3.05) is 17.2 Å². The molecule has 0 aliphatic carbocycles. The maximum Gasteiger partial charge on any atom is 0.231 e. The number of benzene rings is 1. The van der Waals surface area contributed by atoms with Gasteiger partial charge in [-0.15, -0.1) is 0 Å². The summed E-state index contributed by atoms with van der Waals surface area (Å²) in [6.45, 7) is 4.12. The van der Waals surface area contributed by atoms with E-state index in [0.29, 0.717) is 17.9 Å². The summed E-state index contributed by atoms with van der Waals surface area (Å²) in [6.07, 6.45) is 0. The van der Waals surface area contributed by atoms with Crippen molar-refractivity contribution in [3.05, 3.63) is 23.0 Å². The van der Waals surface area contributed by atoms with E-state index in [1.807, 2.05) is 13.8 Å². The Morgan fingerprint density at radius 3 is 2.75 bits per heavy atom. The Hall–Kier alpha value is -1.29. The van der Waals surface area contributed by atoms with Gasteiger partial charge in [-0.2, -0.15) is 0 Å². The largest absolute Gasteiger partial charge is 0.382 e. The van der Waals surface area contributed by atoms with Gasteiger partial charge in [0.1, 0.15) is 5.82 Å². The highest BCUT2D eigenvalue weighted by molar-refractivity contribution is 6.31. The highest BCUT2D eigenvalue weighted by atomic mass is 35.5. The maximum atomic E-state index is 13.2. The monoisotopic (exact) mass is 242 g/mol. The van der Waals surface area contributed by atoms with Gasteiger partial charge in [-0.3, -0.25) is 4.79 Å². The second-order valence-electron chi connectivity index (χ2n) is 4.50. The molecule has 2 N–H and O–H groups in total. The number of hydrogen-bond acceptors (Lipinski definition) is 2. The number of nitrogens with one attached hydrogen (secondary N) is 2. The first kappa shape index (κ1) is 11.2. The number of anilines is 2. The normalized spacial score (nSPS) is 18.1. The van der Waals surface area contributed by atoms with Gasteiger partial charge in [0.2, 0.25) is 5.91 Å². The summed E-state index contributed by atoms with van der Waals surface area (Å²) in [5.74, 6) is -0.678. The van der Waals surface area contributed by atoms with Crippen LogP contribution < -0.4 is 10.6 Å². The minimum Gasteiger partial charge on any atom is -0.382 e. The van der Waals surface area contributed by atoms with E-state index >= 15 is 0 Å². The van der Waals surface area contributed by atoms with Crippen molar-refractivity contribution in [2.24, 2.45) is 5.41 Å². The third kappa shape index (κ3) is 1.85. The zero-order valence-electron chi connectivity index (χ0n) is 9.03. The quantitative estimate of drug-likeness (QED) is 0.735. The molecule has 0 saturated carbocycles. The van der Waals surface area contributed by atoms with Crippen LogP contribution in [0.1, 0.15) is 13.8 Å². The van der Waals surface area contributed by atoms with Gasteiger partial charge in [-0.1, -0.05) is 11.6 Å². The molecule has 0 atom stereocenters. The first-order valence-electron chi connectivity index (χ1n) is 4.94. The first-order valence-corrected chi connectivity index (χ1v) is 5.32. The predicted octanol–water partition coefficient (Wildman–Crippen LogP) is 2.87. The van der Waals surface area contributed by atoms with Crippen LogP contribution in [0.4, 0.5) is 15.8 Å². The average molecular weight is 243 g/mol. The van der Waals surface area contributed by atoms with Crippen LogP contribution >= 0.6 is 11.6 Å². The zero-order chi connectivity index (χ0) is 11.9. The number of carbonyl (C=O) groups excluding carboxylic acids is 1. The van der Waals surface area contributed by atoms with E-state index in [9.17, 15) is 9.18 Å². The van der Waals surface area contributed by atoms with Crippen LogP contribution in [0.15, 0.2) is 12.1 Å². The van der Waals surface area contributed by atoms with Crippen molar-refractivity contribution in [3.8, 4) is 0 Å². The molecule has 0 radical (unpaired) electrons. The lowest BCUT2D eigenvalue weighted by atomic mass is 9.93. The number of rotatable bonds is 0.